The van der Waals surface area contributed by atoms with Crippen molar-refractivity contribution in [3.8, 4) is 11.5 Å². The van der Waals surface area contributed by atoms with E-state index in [4.69, 9.17) is 0 Å². The van der Waals surface area contributed by atoms with Gasteiger partial charge in [-0.1, -0.05) is 41.9 Å². The number of allylic oxidation sites excluding steroid dienone is 5. The second-order valence-corrected chi connectivity index (χ2v) is 9.59. The Bertz CT molecular complexity index is 950. The Morgan fingerprint density at radius 2 is 1.63 bits per heavy atom. The maximum Gasteiger partial charge on any atom is 0.310 e. The minimum atomic E-state index is -1.01. The van der Waals surface area contributed by atoms with Crippen LogP contribution in [0.3, 0.4) is 0 Å². The lowest BCUT2D eigenvalue weighted by atomic mass is 9.94. The number of phenolic OH excluding ortho intramolecular Hbond substituents is 2. The van der Waals surface area contributed by atoms with Crippen molar-refractivity contribution in [1.29, 1.82) is 0 Å². The number of carbonyl (C=O) groups is 2. The zero-order chi connectivity index (χ0) is 26.5. The van der Waals surface area contributed by atoms with Gasteiger partial charge in [-0.3, -0.25) is 9.59 Å². The van der Waals surface area contributed by atoms with E-state index in [-0.39, 0.29) is 29.6 Å². The van der Waals surface area contributed by atoms with E-state index in [9.17, 15) is 24.9 Å². The summed E-state index contributed by atoms with van der Waals surface area (Å²) in [6.45, 7) is 9.74. The van der Waals surface area contributed by atoms with Gasteiger partial charge in [-0.05, 0) is 78.4 Å². The van der Waals surface area contributed by atoms with Crippen molar-refractivity contribution in [3.63, 3.8) is 0 Å². The molecule has 1 rings (SSSR count). The fourth-order valence-electron chi connectivity index (χ4n) is 3.81. The summed E-state index contributed by atoms with van der Waals surface area (Å²) in [5.41, 5.74) is 4.29. The number of esters is 1. The quantitative estimate of drug-likeness (QED) is 0.176. The average molecular weight is 487 g/mol. The number of rotatable bonds is 14. The maximum absolute atomic E-state index is 12.2. The van der Waals surface area contributed by atoms with Crippen LogP contribution in [0, 0.1) is 5.92 Å². The van der Waals surface area contributed by atoms with Crippen LogP contribution < -0.4 is 0 Å². The summed E-state index contributed by atoms with van der Waals surface area (Å²) in [6, 6.07) is 2.89. The van der Waals surface area contributed by atoms with Crippen molar-refractivity contribution in [2.24, 2.45) is 5.92 Å². The fraction of sp³-hybridized carbons (Fsp3) is 0.517. The number of Topliss-reactive ketones (excluding diaryl/α,β-unsaturated/α-hetero) is 1. The van der Waals surface area contributed by atoms with E-state index in [1.807, 2.05) is 33.8 Å². The van der Waals surface area contributed by atoms with Gasteiger partial charge in [0.2, 0.25) is 0 Å². The molecule has 6 heteroatoms. The van der Waals surface area contributed by atoms with E-state index in [0.717, 1.165) is 37.7 Å². The predicted octanol–water partition coefficient (Wildman–Crippen LogP) is 5.73. The molecule has 0 saturated carbocycles. The second-order valence-electron chi connectivity index (χ2n) is 9.59. The van der Waals surface area contributed by atoms with Gasteiger partial charge < -0.3 is 20.1 Å². The first-order chi connectivity index (χ1) is 16.4. The molecule has 6 nitrogen and oxygen atoms in total. The van der Waals surface area contributed by atoms with Crippen molar-refractivity contribution in [2.45, 2.75) is 85.7 Å². The maximum atomic E-state index is 12.2. The number of ketones is 1. The SMILES string of the molecule is COC(=O)Cc1cc(O)cc(CC=C(C)CCC=C(C)CCCC(C)C(=O)C(O)C=C(C)C)c1O. The number of aliphatic hydroxyl groups excluding tert-OH is 1. The number of aliphatic hydroxyl groups is 1. The molecule has 0 amide bonds. The molecule has 194 valence electrons. The first kappa shape index (κ1) is 30.2. The topological polar surface area (TPSA) is 104 Å². The van der Waals surface area contributed by atoms with Crippen LogP contribution in [0.2, 0.25) is 0 Å². The van der Waals surface area contributed by atoms with E-state index < -0.39 is 12.1 Å². The summed E-state index contributed by atoms with van der Waals surface area (Å²) in [7, 11) is 1.28. The minimum absolute atomic E-state index is 0.00350. The smallest absolute Gasteiger partial charge is 0.310 e. The Morgan fingerprint density at radius 1 is 1.00 bits per heavy atom. The number of carbonyl (C=O) groups excluding carboxylic acids is 2. The third-order valence-corrected chi connectivity index (χ3v) is 5.99. The normalized spacial score (nSPS) is 13.8. The van der Waals surface area contributed by atoms with Gasteiger partial charge in [-0.25, -0.2) is 0 Å². The Morgan fingerprint density at radius 3 is 2.26 bits per heavy atom. The molecule has 0 heterocycles. The lowest BCUT2D eigenvalue weighted by Crippen LogP contribution is -2.25. The molecular formula is C29H42O6. The number of phenols is 2. The molecular weight excluding hydrogens is 444 g/mol. The van der Waals surface area contributed by atoms with Gasteiger partial charge in [0.25, 0.3) is 0 Å². The van der Waals surface area contributed by atoms with Gasteiger partial charge in [-0.15, -0.1) is 0 Å². The Labute approximate surface area is 210 Å². The van der Waals surface area contributed by atoms with Gasteiger partial charge in [0.1, 0.15) is 17.6 Å². The van der Waals surface area contributed by atoms with Gasteiger partial charge in [-0.2, -0.15) is 0 Å². The number of ether oxygens (including phenoxy) is 1. The van der Waals surface area contributed by atoms with Crippen molar-refractivity contribution in [3.05, 3.63) is 58.2 Å². The van der Waals surface area contributed by atoms with Crippen LogP contribution in [0.5, 0.6) is 11.5 Å². The summed E-state index contributed by atoms with van der Waals surface area (Å²) in [6.07, 6.45) is 9.50. The molecule has 0 aliphatic carbocycles. The first-order valence-electron chi connectivity index (χ1n) is 12.2. The lowest BCUT2D eigenvalue weighted by molar-refractivity contribution is -0.139. The highest BCUT2D eigenvalue weighted by molar-refractivity contribution is 5.86. The van der Waals surface area contributed by atoms with Crippen molar-refractivity contribution in [1.82, 2.24) is 0 Å². The molecule has 0 radical (unpaired) electrons. The van der Waals surface area contributed by atoms with E-state index in [0.29, 0.717) is 17.5 Å². The molecule has 0 aliphatic rings. The summed E-state index contributed by atoms with van der Waals surface area (Å²) < 4.78 is 4.64. The molecule has 3 N–H and O–H groups in total. The van der Waals surface area contributed by atoms with Crippen LogP contribution in [0.15, 0.2) is 47.1 Å². The van der Waals surface area contributed by atoms with E-state index in [2.05, 4.69) is 17.7 Å². The van der Waals surface area contributed by atoms with E-state index in [1.165, 1.54) is 30.4 Å². The number of aromatic hydroxyl groups is 2. The van der Waals surface area contributed by atoms with Crippen molar-refractivity contribution >= 4 is 11.8 Å². The predicted molar refractivity (Wildman–Crippen MR) is 139 cm³/mol. The Hall–Kier alpha value is -2.86. The van der Waals surface area contributed by atoms with Crippen molar-refractivity contribution in [2.75, 3.05) is 7.11 Å². The van der Waals surface area contributed by atoms with Crippen LogP contribution in [0.25, 0.3) is 0 Å². The molecule has 2 atom stereocenters. The standard InChI is InChI=1S/C29H42O6/c1-19(2)15-26(31)28(33)22(5)12-8-11-20(3)9-7-10-21(4)13-14-23-16-25(30)17-24(29(23)34)18-27(32)35-6/h9,13,15-17,22,26,30-31,34H,7-8,10-12,14,18H2,1-6H3. The molecule has 0 fully saturated rings. The number of hydrogen-bond donors (Lipinski definition) is 3. The van der Waals surface area contributed by atoms with Crippen LogP contribution in [0.1, 0.15) is 77.8 Å². The molecule has 0 aliphatic heterocycles. The zero-order valence-electron chi connectivity index (χ0n) is 22.1. The van der Waals surface area contributed by atoms with Gasteiger partial charge in [0, 0.05) is 17.0 Å². The highest BCUT2D eigenvalue weighted by Crippen LogP contribution is 2.29. The molecule has 0 bridgehead atoms. The molecule has 0 aromatic heterocycles. The molecule has 1 aromatic rings. The molecule has 0 saturated heterocycles. The Balaban J connectivity index is 2.53. The van der Waals surface area contributed by atoms with Crippen LogP contribution >= 0.6 is 0 Å². The fourth-order valence-corrected chi connectivity index (χ4v) is 3.81. The summed E-state index contributed by atoms with van der Waals surface area (Å²) in [5.74, 6) is -0.754. The number of hydrogen-bond acceptors (Lipinski definition) is 6. The largest absolute Gasteiger partial charge is 0.508 e. The zero-order valence-corrected chi connectivity index (χ0v) is 22.1. The highest BCUT2D eigenvalue weighted by Gasteiger charge is 2.19. The first-order valence-corrected chi connectivity index (χ1v) is 12.2. The van der Waals surface area contributed by atoms with Gasteiger partial charge in [0.15, 0.2) is 5.78 Å². The van der Waals surface area contributed by atoms with Crippen LogP contribution in [-0.4, -0.2) is 40.3 Å². The van der Waals surface area contributed by atoms with Crippen LogP contribution in [0.4, 0.5) is 0 Å². The monoisotopic (exact) mass is 486 g/mol. The summed E-state index contributed by atoms with van der Waals surface area (Å²) in [5, 5.41) is 30.3. The summed E-state index contributed by atoms with van der Waals surface area (Å²) in [4.78, 5) is 23.7. The highest BCUT2D eigenvalue weighted by atomic mass is 16.5. The third kappa shape index (κ3) is 11.4. The van der Waals surface area contributed by atoms with E-state index in [1.54, 1.807) is 6.08 Å². The number of benzene rings is 1. The van der Waals surface area contributed by atoms with Gasteiger partial charge in [0.05, 0.1) is 13.5 Å². The van der Waals surface area contributed by atoms with Crippen molar-refractivity contribution < 1.29 is 29.6 Å². The van der Waals surface area contributed by atoms with E-state index >= 15 is 0 Å². The second kappa shape index (κ2) is 15.2. The summed E-state index contributed by atoms with van der Waals surface area (Å²) >= 11 is 0. The lowest BCUT2D eigenvalue weighted by Gasteiger charge is -2.13. The molecule has 2 unspecified atom stereocenters. The van der Waals surface area contributed by atoms with Gasteiger partial charge >= 0.3 is 5.97 Å². The van der Waals surface area contributed by atoms with Crippen LogP contribution in [-0.2, 0) is 27.2 Å². The Kier molecular flexibility index (Phi) is 13.1. The molecule has 1 aromatic carbocycles. The third-order valence-electron chi connectivity index (χ3n) is 5.99. The number of methoxy groups -OCH3 is 1. The minimum Gasteiger partial charge on any atom is -0.508 e. The molecule has 35 heavy (non-hydrogen) atoms. The average Bonchev–Trinajstić information content (AvgIpc) is 2.78. The molecule has 0 spiro atoms.